The molecular formula is C12H16NO+. The first-order chi connectivity index (χ1) is 6.84. The zero-order chi connectivity index (χ0) is 9.80. The van der Waals surface area contributed by atoms with Crippen molar-refractivity contribution in [3.8, 4) is 0 Å². The zero-order valence-corrected chi connectivity index (χ0v) is 8.33. The molecule has 0 amide bonds. The third kappa shape index (κ3) is 2.42. The molecule has 1 saturated heterocycles. The van der Waals surface area contributed by atoms with E-state index in [1.807, 2.05) is 6.07 Å². The van der Waals surface area contributed by atoms with Gasteiger partial charge in [0.25, 0.3) is 0 Å². The van der Waals surface area contributed by atoms with Crippen LogP contribution in [0.1, 0.15) is 18.4 Å². The largest absolute Gasteiger partial charge is 0.325 e. The van der Waals surface area contributed by atoms with E-state index in [1.165, 1.54) is 10.5 Å². The number of rotatable bonds is 2. The van der Waals surface area contributed by atoms with E-state index in [1.54, 1.807) is 0 Å². The number of likely N-dealkylation sites (tertiary alicyclic amines) is 1. The maximum atomic E-state index is 11.2. The van der Waals surface area contributed by atoms with Crippen LogP contribution in [0.15, 0.2) is 30.3 Å². The first-order valence-corrected chi connectivity index (χ1v) is 5.24. The van der Waals surface area contributed by atoms with Gasteiger partial charge in [-0.3, -0.25) is 4.79 Å². The van der Waals surface area contributed by atoms with Crippen molar-refractivity contribution in [3.63, 3.8) is 0 Å². The molecule has 0 radical (unpaired) electrons. The fraction of sp³-hybridized carbons (Fsp3) is 0.417. The third-order valence-corrected chi connectivity index (χ3v) is 2.73. The van der Waals surface area contributed by atoms with Crippen LogP contribution in [-0.4, -0.2) is 18.9 Å². The van der Waals surface area contributed by atoms with Crippen LogP contribution < -0.4 is 4.90 Å². The number of nitrogens with one attached hydrogen (secondary N) is 1. The molecule has 1 unspecified atom stereocenters. The number of piperidine rings is 1. The van der Waals surface area contributed by atoms with Gasteiger partial charge in [0.2, 0.25) is 0 Å². The number of carbonyl (C=O) groups excluding carboxylic acids is 1. The van der Waals surface area contributed by atoms with E-state index in [0.29, 0.717) is 5.78 Å². The summed E-state index contributed by atoms with van der Waals surface area (Å²) >= 11 is 0. The lowest BCUT2D eigenvalue weighted by atomic mass is 10.1. The van der Waals surface area contributed by atoms with Gasteiger partial charge in [0.1, 0.15) is 13.1 Å². The van der Waals surface area contributed by atoms with Gasteiger partial charge >= 0.3 is 0 Å². The molecule has 2 rings (SSSR count). The predicted molar refractivity (Wildman–Crippen MR) is 55.1 cm³/mol. The molecule has 1 fully saturated rings. The molecule has 1 aliphatic heterocycles. The molecule has 0 spiro atoms. The van der Waals surface area contributed by atoms with E-state index in [0.717, 1.165) is 32.5 Å². The van der Waals surface area contributed by atoms with Crippen molar-refractivity contribution in [1.29, 1.82) is 0 Å². The maximum Gasteiger partial charge on any atom is 0.187 e. The average Bonchev–Trinajstić information content (AvgIpc) is 2.19. The molecule has 1 aliphatic rings. The van der Waals surface area contributed by atoms with Crippen LogP contribution in [0, 0.1) is 0 Å². The summed E-state index contributed by atoms with van der Waals surface area (Å²) in [6.45, 7) is 2.85. The summed E-state index contributed by atoms with van der Waals surface area (Å²) in [5.74, 6) is 0.419. The molecule has 2 heteroatoms. The Morgan fingerprint density at radius 1 is 1.21 bits per heavy atom. The highest BCUT2D eigenvalue weighted by Crippen LogP contribution is 1.97. The minimum absolute atomic E-state index is 0.419. The monoisotopic (exact) mass is 190 g/mol. The Balaban J connectivity index is 1.94. The molecule has 1 aromatic carbocycles. The topological polar surface area (TPSA) is 21.5 Å². The van der Waals surface area contributed by atoms with Gasteiger partial charge in [-0.25, -0.2) is 0 Å². The molecule has 1 heterocycles. The van der Waals surface area contributed by atoms with E-state index in [4.69, 9.17) is 0 Å². The van der Waals surface area contributed by atoms with Crippen LogP contribution in [0.2, 0.25) is 0 Å². The van der Waals surface area contributed by atoms with Gasteiger partial charge in [0.05, 0.1) is 6.54 Å². The number of ketones is 1. The summed E-state index contributed by atoms with van der Waals surface area (Å²) in [5.41, 5.74) is 1.33. The second-order valence-electron chi connectivity index (χ2n) is 3.98. The van der Waals surface area contributed by atoms with Crippen molar-refractivity contribution in [2.24, 2.45) is 0 Å². The minimum atomic E-state index is 0.419. The van der Waals surface area contributed by atoms with E-state index in [2.05, 4.69) is 24.3 Å². The Morgan fingerprint density at radius 2 is 2.00 bits per heavy atom. The van der Waals surface area contributed by atoms with Crippen molar-refractivity contribution in [2.45, 2.75) is 19.4 Å². The van der Waals surface area contributed by atoms with Crippen LogP contribution in [-0.2, 0) is 11.3 Å². The first-order valence-electron chi connectivity index (χ1n) is 5.24. The fourth-order valence-electron chi connectivity index (χ4n) is 2.03. The summed E-state index contributed by atoms with van der Waals surface area (Å²) in [5, 5.41) is 0. The molecule has 1 N–H and O–H groups in total. The number of quaternary nitrogens is 1. The molecule has 0 aliphatic carbocycles. The Bertz CT molecular complexity index is 307. The highest BCUT2D eigenvalue weighted by Gasteiger charge is 2.19. The van der Waals surface area contributed by atoms with Crippen molar-refractivity contribution < 1.29 is 9.69 Å². The molecule has 0 bridgehead atoms. The van der Waals surface area contributed by atoms with Gasteiger partial charge in [-0.15, -0.1) is 0 Å². The van der Waals surface area contributed by atoms with E-state index in [9.17, 15) is 4.79 Å². The van der Waals surface area contributed by atoms with E-state index >= 15 is 0 Å². The Hall–Kier alpha value is -1.15. The van der Waals surface area contributed by atoms with Crippen molar-refractivity contribution in [2.75, 3.05) is 13.1 Å². The molecule has 2 nitrogen and oxygen atoms in total. The summed E-state index contributed by atoms with van der Waals surface area (Å²) in [6.07, 6.45) is 1.85. The molecular weight excluding hydrogens is 174 g/mol. The smallest absolute Gasteiger partial charge is 0.187 e. The van der Waals surface area contributed by atoms with Gasteiger partial charge in [-0.2, -0.15) is 0 Å². The summed E-state index contributed by atoms with van der Waals surface area (Å²) < 4.78 is 0. The molecule has 0 aromatic heterocycles. The molecule has 74 valence electrons. The van der Waals surface area contributed by atoms with Gasteiger partial charge in [0.15, 0.2) is 5.78 Å². The Labute approximate surface area is 84.5 Å². The SMILES string of the molecule is O=C1CCC[NH+](Cc2ccccc2)C1. The number of benzene rings is 1. The van der Waals surface area contributed by atoms with Crippen molar-refractivity contribution >= 4 is 5.78 Å². The van der Waals surface area contributed by atoms with Crippen LogP contribution in [0.3, 0.4) is 0 Å². The zero-order valence-electron chi connectivity index (χ0n) is 8.33. The lowest BCUT2D eigenvalue weighted by Crippen LogP contribution is -3.12. The summed E-state index contributed by atoms with van der Waals surface area (Å²) in [6, 6.07) is 10.4. The maximum absolute atomic E-state index is 11.2. The number of carbonyl (C=O) groups is 1. The van der Waals surface area contributed by atoms with Gasteiger partial charge in [0, 0.05) is 18.4 Å². The molecule has 1 atom stereocenters. The summed E-state index contributed by atoms with van der Waals surface area (Å²) in [4.78, 5) is 12.7. The quantitative estimate of drug-likeness (QED) is 0.717. The predicted octanol–water partition coefficient (Wildman–Crippen LogP) is 0.434. The second-order valence-corrected chi connectivity index (χ2v) is 3.98. The number of hydrogen-bond donors (Lipinski definition) is 1. The highest BCUT2D eigenvalue weighted by molar-refractivity contribution is 5.79. The highest BCUT2D eigenvalue weighted by atomic mass is 16.1. The van der Waals surface area contributed by atoms with Crippen LogP contribution >= 0.6 is 0 Å². The van der Waals surface area contributed by atoms with Crippen LogP contribution in [0.5, 0.6) is 0 Å². The van der Waals surface area contributed by atoms with E-state index in [-0.39, 0.29) is 0 Å². The van der Waals surface area contributed by atoms with Crippen molar-refractivity contribution in [3.05, 3.63) is 35.9 Å². The van der Waals surface area contributed by atoms with Crippen molar-refractivity contribution in [1.82, 2.24) is 0 Å². The van der Waals surface area contributed by atoms with E-state index < -0.39 is 0 Å². The van der Waals surface area contributed by atoms with Gasteiger partial charge in [-0.05, 0) is 0 Å². The van der Waals surface area contributed by atoms with Crippen LogP contribution in [0.4, 0.5) is 0 Å². The van der Waals surface area contributed by atoms with Crippen LogP contribution in [0.25, 0.3) is 0 Å². The minimum Gasteiger partial charge on any atom is -0.325 e. The normalized spacial score (nSPS) is 22.3. The Morgan fingerprint density at radius 3 is 2.71 bits per heavy atom. The first kappa shape index (κ1) is 9.41. The molecule has 0 saturated carbocycles. The third-order valence-electron chi connectivity index (χ3n) is 2.73. The lowest BCUT2D eigenvalue weighted by Gasteiger charge is -2.22. The van der Waals surface area contributed by atoms with Gasteiger partial charge in [-0.1, -0.05) is 30.3 Å². The van der Waals surface area contributed by atoms with Gasteiger partial charge < -0.3 is 4.90 Å². The fourth-order valence-corrected chi connectivity index (χ4v) is 2.03. The second kappa shape index (κ2) is 4.38. The molecule has 14 heavy (non-hydrogen) atoms. The lowest BCUT2D eigenvalue weighted by molar-refractivity contribution is -0.908. The average molecular weight is 190 g/mol. The summed E-state index contributed by atoms with van der Waals surface area (Å²) in [7, 11) is 0. The number of hydrogen-bond acceptors (Lipinski definition) is 1. The Kier molecular flexibility index (Phi) is 2.94. The standard InChI is InChI=1S/C12H15NO/c14-12-7-4-8-13(10-12)9-11-5-2-1-3-6-11/h1-3,5-6H,4,7-10H2/p+1. The molecule has 1 aromatic rings. The number of Topliss-reactive ketones (excluding diaryl/α,β-unsaturated/α-hetero) is 1.